The van der Waals surface area contributed by atoms with Gasteiger partial charge in [0, 0.05) is 49.9 Å². The molecule has 1 aliphatic rings. The maximum Gasteiger partial charge on any atom is 0.220 e. The summed E-state index contributed by atoms with van der Waals surface area (Å²) in [5.74, 6) is 2.29. The number of carbonyl (C=O) groups excluding carboxylic acids is 1. The van der Waals surface area contributed by atoms with E-state index in [9.17, 15) is 4.79 Å². The lowest BCUT2D eigenvalue weighted by atomic mass is 9.96. The van der Waals surface area contributed by atoms with Crippen molar-refractivity contribution < 1.29 is 4.79 Å². The minimum atomic E-state index is -0.201. The van der Waals surface area contributed by atoms with E-state index in [0.29, 0.717) is 13.0 Å². The molecule has 0 bridgehead atoms. The Morgan fingerprint density at radius 2 is 1.83 bits per heavy atom. The Kier molecular flexibility index (Phi) is 6.17. The SMILES string of the molecule is NC(=O)C1CCN(c2ncccc2CNc2ccnc(Cc3ccccc3)n2)CC1. The van der Waals surface area contributed by atoms with E-state index in [-0.39, 0.29) is 11.8 Å². The predicted octanol–water partition coefficient (Wildman–Crippen LogP) is 2.78. The van der Waals surface area contributed by atoms with Gasteiger partial charge in [0.1, 0.15) is 17.5 Å². The van der Waals surface area contributed by atoms with Crippen molar-refractivity contribution in [1.29, 1.82) is 0 Å². The van der Waals surface area contributed by atoms with Crippen LogP contribution in [0.15, 0.2) is 60.9 Å². The van der Waals surface area contributed by atoms with E-state index in [2.05, 4.69) is 43.4 Å². The third-order valence-corrected chi connectivity index (χ3v) is 5.43. The van der Waals surface area contributed by atoms with Crippen LogP contribution in [-0.4, -0.2) is 33.9 Å². The van der Waals surface area contributed by atoms with Crippen LogP contribution in [0.25, 0.3) is 0 Å². The Morgan fingerprint density at radius 1 is 1.03 bits per heavy atom. The van der Waals surface area contributed by atoms with E-state index in [1.807, 2.05) is 36.5 Å². The Bertz CT molecular complexity index is 986. The first kappa shape index (κ1) is 19.8. The monoisotopic (exact) mass is 402 g/mol. The molecule has 1 aromatic carbocycles. The summed E-state index contributed by atoms with van der Waals surface area (Å²) < 4.78 is 0. The highest BCUT2D eigenvalue weighted by molar-refractivity contribution is 5.77. The molecular weight excluding hydrogens is 376 g/mol. The van der Waals surface area contributed by atoms with Crippen LogP contribution in [0.5, 0.6) is 0 Å². The number of hydrogen-bond acceptors (Lipinski definition) is 6. The Labute approximate surface area is 176 Å². The molecule has 30 heavy (non-hydrogen) atoms. The number of nitrogens with two attached hydrogens (primary N) is 1. The summed E-state index contributed by atoms with van der Waals surface area (Å²) in [7, 11) is 0. The van der Waals surface area contributed by atoms with Crippen molar-refractivity contribution in [3.63, 3.8) is 0 Å². The van der Waals surface area contributed by atoms with Crippen LogP contribution < -0.4 is 16.0 Å². The standard InChI is InChI=1S/C23H26N6O/c24-22(30)18-9-13-29(14-10-18)23-19(7-4-11-26-23)16-27-20-8-12-25-21(28-20)15-17-5-2-1-3-6-17/h1-8,11-12,18H,9-10,13-16H2,(H2,24,30)(H,25,27,28). The number of nitrogens with zero attached hydrogens (tertiary/aromatic N) is 4. The molecule has 7 nitrogen and oxygen atoms in total. The molecule has 4 rings (SSSR count). The van der Waals surface area contributed by atoms with Crippen molar-refractivity contribution >= 4 is 17.5 Å². The molecule has 154 valence electrons. The van der Waals surface area contributed by atoms with Crippen molar-refractivity contribution in [2.45, 2.75) is 25.8 Å². The maximum absolute atomic E-state index is 11.4. The number of piperidine rings is 1. The Balaban J connectivity index is 1.41. The minimum Gasteiger partial charge on any atom is -0.369 e. The lowest BCUT2D eigenvalue weighted by Crippen LogP contribution is -2.39. The summed E-state index contributed by atoms with van der Waals surface area (Å²) in [6, 6.07) is 16.1. The molecule has 0 aliphatic carbocycles. The third kappa shape index (κ3) is 4.92. The number of nitrogens with one attached hydrogen (secondary N) is 1. The molecule has 3 aromatic rings. The average Bonchev–Trinajstić information content (AvgIpc) is 2.79. The van der Waals surface area contributed by atoms with Crippen molar-refractivity contribution in [3.8, 4) is 0 Å². The average molecular weight is 403 g/mol. The van der Waals surface area contributed by atoms with Crippen molar-refractivity contribution in [2.24, 2.45) is 11.7 Å². The van der Waals surface area contributed by atoms with Crippen LogP contribution in [0, 0.1) is 5.92 Å². The Morgan fingerprint density at radius 3 is 2.60 bits per heavy atom. The molecule has 3 N–H and O–H groups in total. The van der Waals surface area contributed by atoms with Crippen molar-refractivity contribution in [1.82, 2.24) is 15.0 Å². The van der Waals surface area contributed by atoms with Crippen LogP contribution in [-0.2, 0) is 17.8 Å². The van der Waals surface area contributed by atoms with Gasteiger partial charge in [0.15, 0.2) is 0 Å². The number of anilines is 2. The van der Waals surface area contributed by atoms with Gasteiger partial charge in [0.25, 0.3) is 0 Å². The van der Waals surface area contributed by atoms with Gasteiger partial charge in [0.2, 0.25) is 5.91 Å². The van der Waals surface area contributed by atoms with Crippen LogP contribution in [0.1, 0.15) is 29.8 Å². The van der Waals surface area contributed by atoms with Gasteiger partial charge in [-0.05, 0) is 30.5 Å². The lowest BCUT2D eigenvalue weighted by Gasteiger charge is -2.32. The zero-order valence-electron chi connectivity index (χ0n) is 16.9. The van der Waals surface area contributed by atoms with Crippen LogP contribution >= 0.6 is 0 Å². The summed E-state index contributed by atoms with van der Waals surface area (Å²) in [6.07, 6.45) is 5.83. The second-order valence-electron chi connectivity index (χ2n) is 7.52. The van der Waals surface area contributed by atoms with E-state index in [1.165, 1.54) is 5.56 Å². The second-order valence-corrected chi connectivity index (χ2v) is 7.52. The van der Waals surface area contributed by atoms with Crippen LogP contribution in [0.2, 0.25) is 0 Å². The topological polar surface area (TPSA) is 97.0 Å². The molecule has 0 radical (unpaired) electrons. The van der Waals surface area contributed by atoms with Crippen molar-refractivity contribution in [3.05, 3.63) is 77.9 Å². The van der Waals surface area contributed by atoms with Gasteiger partial charge < -0.3 is 16.0 Å². The number of primary amides is 1. The normalized spacial score (nSPS) is 14.5. The fraction of sp³-hybridized carbons (Fsp3) is 0.304. The molecular formula is C23H26N6O. The number of hydrogen-bond donors (Lipinski definition) is 2. The van der Waals surface area contributed by atoms with Gasteiger partial charge in [0.05, 0.1) is 0 Å². The highest BCUT2D eigenvalue weighted by Crippen LogP contribution is 2.25. The number of pyridine rings is 1. The molecule has 3 heterocycles. The largest absolute Gasteiger partial charge is 0.369 e. The quantitative estimate of drug-likeness (QED) is 0.631. The molecule has 1 aliphatic heterocycles. The first-order valence-corrected chi connectivity index (χ1v) is 10.3. The molecule has 0 spiro atoms. The number of benzene rings is 1. The molecule has 0 unspecified atom stereocenters. The fourth-order valence-electron chi connectivity index (χ4n) is 3.78. The number of aromatic nitrogens is 3. The molecule has 2 aromatic heterocycles. The first-order chi connectivity index (χ1) is 14.7. The molecule has 1 saturated heterocycles. The lowest BCUT2D eigenvalue weighted by molar-refractivity contribution is -0.122. The van der Waals surface area contributed by atoms with Gasteiger partial charge in [-0.25, -0.2) is 15.0 Å². The highest BCUT2D eigenvalue weighted by atomic mass is 16.1. The maximum atomic E-state index is 11.4. The summed E-state index contributed by atoms with van der Waals surface area (Å²) >= 11 is 0. The van der Waals surface area contributed by atoms with Gasteiger partial charge in [-0.3, -0.25) is 4.79 Å². The van der Waals surface area contributed by atoms with E-state index in [0.717, 1.165) is 49.0 Å². The summed E-state index contributed by atoms with van der Waals surface area (Å²) in [4.78, 5) is 27.3. The minimum absolute atomic E-state index is 0.0319. The highest BCUT2D eigenvalue weighted by Gasteiger charge is 2.24. The fourth-order valence-corrected chi connectivity index (χ4v) is 3.78. The number of carbonyl (C=O) groups is 1. The third-order valence-electron chi connectivity index (χ3n) is 5.43. The summed E-state index contributed by atoms with van der Waals surface area (Å²) in [5, 5.41) is 3.40. The van der Waals surface area contributed by atoms with E-state index in [1.54, 1.807) is 6.20 Å². The molecule has 7 heteroatoms. The smallest absolute Gasteiger partial charge is 0.220 e. The molecule has 0 saturated carbocycles. The Hall–Kier alpha value is -3.48. The van der Waals surface area contributed by atoms with Crippen LogP contribution in [0.4, 0.5) is 11.6 Å². The summed E-state index contributed by atoms with van der Waals surface area (Å²) in [5.41, 5.74) is 7.74. The zero-order valence-corrected chi connectivity index (χ0v) is 16.9. The van der Waals surface area contributed by atoms with E-state index >= 15 is 0 Å². The second kappa shape index (κ2) is 9.35. The number of amides is 1. The van der Waals surface area contributed by atoms with E-state index in [4.69, 9.17) is 5.73 Å². The zero-order chi connectivity index (χ0) is 20.8. The van der Waals surface area contributed by atoms with Crippen molar-refractivity contribution in [2.75, 3.05) is 23.3 Å². The molecule has 0 atom stereocenters. The summed E-state index contributed by atoms with van der Waals surface area (Å²) in [6.45, 7) is 2.18. The number of rotatable bonds is 7. The van der Waals surface area contributed by atoms with Gasteiger partial charge in [-0.2, -0.15) is 0 Å². The van der Waals surface area contributed by atoms with Gasteiger partial charge >= 0.3 is 0 Å². The van der Waals surface area contributed by atoms with E-state index < -0.39 is 0 Å². The van der Waals surface area contributed by atoms with Gasteiger partial charge in [-0.1, -0.05) is 36.4 Å². The molecule has 1 amide bonds. The van der Waals surface area contributed by atoms with Crippen LogP contribution in [0.3, 0.4) is 0 Å². The predicted molar refractivity (Wildman–Crippen MR) is 117 cm³/mol. The molecule has 1 fully saturated rings. The van der Waals surface area contributed by atoms with Gasteiger partial charge in [-0.15, -0.1) is 0 Å². The first-order valence-electron chi connectivity index (χ1n) is 10.3.